The number of aromatic nitrogens is 1. The monoisotopic (exact) mass is 353 g/mol. The number of halogens is 3. The third kappa shape index (κ3) is 8.39. The Morgan fingerprint density at radius 3 is 2.40 bits per heavy atom. The van der Waals surface area contributed by atoms with E-state index in [0.29, 0.717) is 6.54 Å². The molecule has 0 aliphatic carbocycles. The lowest BCUT2D eigenvalue weighted by atomic mass is 10.2. The van der Waals surface area contributed by atoms with Crippen molar-refractivity contribution in [2.45, 2.75) is 25.6 Å². The van der Waals surface area contributed by atoms with Crippen LogP contribution >= 0.6 is 0 Å². The van der Waals surface area contributed by atoms with Crippen molar-refractivity contribution >= 4 is 5.82 Å². The molecule has 0 spiro atoms. The van der Waals surface area contributed by atoms with Crippen molar-refractivity contribution in [1.29, 1.82) is 0 Å². The topological polar surface area (TPSA) is 46.2 Å². The van der Waals surface area contributed by atoms with E-state index in [9.17, 15) is 13.2 Å². The van der Waals surface area contributed by atoms with Crippen LogP contribution in [0.5, 0.6) is 5.75 Å². The summed E-state index contributed by atoms with van der Waals surface area (Å²) < 4.78 is 40.9. The quantitative estimate of drug-likeness (QED) is 0.634. The Morgan fingerprint density at radius 1 is 0.960 bits per heavy atom. The predicted molar refractivity (Wildman–Crippen MR) is 91.7 cm³/mol. The summed E-state index contributed by atoms with van der Waals surface area (Å²) >= 11 is 0. The zero-order chi connectivity index (χ0) is 18.0. The average Bonchev–Trinajstić information content (AvgIpc) is 2.60. The Morgan fingerprint density at radius 2 is 1.72 bits per heavy atom. The summed E-state index contributed by atoms with van der Waals surface area (Å²) in [6, 6.07) is 12.4. The summed E-state index contributed by atoms with van der Waals surface area (Å²) in [7, 11) is 0. The smallest absolute Gasteiger partial charge is 0.422 e. The molecule has 0 atom stereocenters. The van der Waals surface area contributed by atoms with E-state index < -0.39 is 12.8 Å². The number of nitrogens with one attached hydrogen (secondary N) is 2. The molecule has 0 saturated carbocycles. The lowest BCUT2D eigenvalue weighted by Gasteiger charge is -2.10. The highest BCUT2D eigenvalue weighted by atomic mass is 19.4. The van der Waals surface area contributed by atoms with Crippen LogP contribution in [-0.4, -0.2) is 30.9 Å². The third-order valence-corrected chi connectivity index (χ3v) is 3.41. The number of unbranched alkanes of at least 4 members (excludes halogenated alkanes) is 1. The van der Waals surface area contributed by atoms with Crippen LogP contribution in [0, 0.1) is 0 Å². The first-order valence-corrected chi connectivity index (χ1v) is 8.17. The molecule has 0 bridgehead atoms. The fraction of sp³-hybridized carbons (Fsp3) is 0.389. The second-order valence-electron chi connectivity index (χ2n) is 5.57. The third-order valence-electron chi connectivity index (χ3n) is 3.41. The molecule has 2 rings (SSSR count). The lowest BCUT2D eigenvalue weighted by molar-refractivity contribution is -0.153. The summed E-state index contributed by atoms with van der Waals surface area (Å²) in [6.45, 7) is 1.14. The average molecular weight is 353 g/mol. The van der Waals surface area contributed by atoms with Crippen LogP contribution in [0.15, 0.2) is 48.7 Å². The van der Waals surface area contributed by atoms with Gasteiger partial charge in [-0.1, -0.05) is 18.2 Å². The Labute approximate surface area is 145 Å². The van der Waals surface area contributed by atoms with Crippen molar-refractivity contribution in [1.82, 2.24) is 10.3 Å². The molecular weight excluding hydrogens is 331 g/mol. The number of hydrogen-bond donors (Lipinski definition) is 2. The Balaban J connectivity index is 1.54. The molecular formula is C18H22F3N3O. The van der Waals surface area contributed by atoms with E-state index in [1.807, 2.05) is 18.2 Å². The Bertz CT molecular complexity index is 603. The normalized spacial score (nSPS) is 11.3. The molecule has 4 nitrogen and oxygen atoms in total. The van der Waals surface area contributed by atoms with Gasteiger partial charge in [0, 0.05) is 19.3 Å². The van der Waals surface area contributed by atoms with Crippen LogP contribution in [0.25, 0.3) is 0 Å². The highest BCUT2D eigenvalue weighted by Crippen LogP contribution is 2.18. The molecule has 1 heterocycles. The Hall–Kier alpha value is -2.28. The maximum absolute atomic E-state index is 12.1. The highest BCUT2D eigenvalue weighted by molar-refractivity contribution is 5.32. The van der Waals surface area contributed by atoms with Gasteiger partial charge in [-0.15, -0.1) is 0 Å². The molecule has 0 amide bonds. The van der Waals surface area contributed by atoms with Crippen molar-refractivity contribution in [3.05, 3.63) is 54.2 Å². The maximum atomic E-state index is 12.1. The van der Waals surface area contributed by atoms with Gasteiger partial charge in [0.25, 0.3) is 0 Å². The molecule has 0 fully saturated rings. The molecule has 2 aromatic rings. The van der Waals surface area contributed by atoms with Crippen LogP contribution in [0.3, 0.4) is 0 Å². The largest absolute Gasteiger partial charge is 0.484 e. The van der Waals surface area contributed by atoms with E-state index in [4.69, 9.17) is 0 Å². The van der Waals surface area contributed by atoms with Gasteiger partial charge in [-0.05, 0) is 49.2 Å². The minimum atomic E-state index is -4.31. The first-order valence-electron chi connectivity index (χ1n) is 8.17. The molecule has 0 radical (unpaired) electrons. The summed E-state index contributed by atoms with van der Waals surface area (Å²) in [5.41, 5.74) is 1.01. The second kappa shape index (κ2) is 9.88. The molecule has 2 N–H and O–H groups in total. The predicted octanol–water partition coefficient (Wildman–Crippen LogP) is 4.00. The van der Waals surface area contributed by atoms with Gasteiger partial charge >= 0.3 is 6.18 Å². The number of benzene rings is 1. The van der Waals surface area contributed by atoms with Gasteiger partial charge in [-0.25, -0.2) is 4.98 Å². The standard InChI is InChI=1S/C18H22F3N3O/c19-18(20,21)14-25-16-8-6-15(7-9-16)13-22-10-3-4-12-24-17-5-1-2-11-23-17/h1-2,5-9,11,22H,3-4,10,12-14H2,(H,23,24). The van der Waals surface area contributed by atoms with Crippen LogP contribution in [-0.2, 0) is 6.54 Å². The zero-order valence-corrected chi connectivity index (χ0v) is 13.9. The number of pyridine rings is 1. The van der Waals surface area contributed by atoms with Gasteiger partial charge in [0.1, 0.15) is 11.6 Å². The fourth-order valence-corrected chi connectivity index (χ4v) is 2.16. The molecule has 7 heteroatoms. The second-order valence-corrected chi connectivity index (χ2v) is 5.57. The number of anilines is 1. The number of alkyl halides is 3. The van der Waals surface area contributed by atoms with Crippen molar-refractivity contribution in [2.75, 3.05) is 25.0 Å². The lowest BCUT2D eigenvalue weighted by Crippen LogP contribution is -2.19. The van der Waals surface area contributed by atoms with Gasteiger partial charge in [0.2, 0.25) is 0 Å². The number of rotatable bonds is 10. The molecule has 0 aliphatic rings. The molecule has 0 saturated heterocycles. The van der Waals surface area contributed by atoms with E-state index in [0.717, 1.165) is 37.3 Å². The van der Waals surface area contributed by atoms with Gasteiger partial charge in [0.15, 0.2) is 6.61 Å². The van der Waals surface area contributed by atoms with Crippen molar-refractivity contribution in [3.63, 3.8) is 0 Å². The minimum absolute atomic E-state index is 0.224. The molecule has 1 aromatic carbocycles. The van der Waals surface area contributed by atoms with Crippen LogP contribution in [0.1, 0.15) is 18.4 Å². The first-order chi connectivity index (χ1) is 12.0. The van der Waals surface area contributed by atoms with Gasteiger partial charge in [0.05, 0.1) is 0 Å². The summed E-state index contributed by atoms with van der Waals surface area (Å²) in [5.74, 6) is 1.10. The Kier molecular flexibility index (Phi) is 7.53. The van der Waals surface area contributed by atoms with Gasteiger partial charge in [-0.2, -0.15) is 13.2 Å². The molecule has 136 valence electrons. The first kappa shape index (κ1) is 19.1. The molecule has 25 heavy (non-hydrogen) atoms. The maximum Gasteiger partial charge on any atom is 0.422 e. The minimum Gasteiger partial charge on any atom is -0.484 e. The molecule has 0 unspecified atom stereocenters. The van der Waals surface area contributed by atoms with E-state index in [-0.39, 0.29) is 5.75 Å². The summed E-state index contributed by atoms with van der Waals surface area (Å²) in [5, 5.41) is 6.56. The van der Waals surface area contributed by atoms with E-state index in [1.165, 1.54) is 0 Å². The zero-order valence-electron chi connectivity index (χ0n) is 13.9. The van der Waals surface area contributed by atoms with Crippen molar-refractivity contribution < 1.29 is 17.9 Å². The van der Waals surface area contributed by atoms with Gasteiger partial charge < -0.3 is 15.4 Å². The number of ether oxygens (including phenoxy) is 1. The SMILES string of the molecule is FC(F)(F)COc1ccc(CNCCCCNc2ccccn2)cc1. The van der Waals surface area contributed by atoms with Crippen molar-refractivity contribution in [3.8, 4) is 5.75 Å². The van der Waals surface area contributed by atoms with Crippen LogP contribution < -0.4 is 15.4 Å². The van der Waals surface area contributed by atoms with E-state index in [2.05, 4.69) is 20.4 Å². The number of nitrogens with zero attached hydrogens (tertiary/aromatic N) is 1. The highest BCUT2D eigenvalue weighted by Gasteiger charge is 2.28. The number of hydrogen-bond acceptors (Lipinski definition) is 4. The molecule has 1 aromatic heterocycles. The summed E-state index contributed by atoms with van der Waals surface area (Å²) in [6.07, 6.45) is -0.518. The summed E-state index contributed by atoms with van der Waals surface area (Å²) in [4.78, 5) is 4.19. The van der Waals surface area contributed by atoms with Gasteiger partial charge in [-0.3, -0.25) is 0 Å². The van der Waals surface area contributed by atoms with Crippen molar-refractivity contribution in [2.24, 2.45) is 0 Å². The van der Waals surface area contributed by atoms with E-state index >= 15 is 0 Å². The van der Waals surface area contributed by atoms with Crippen LogP contribution in [0.4, 0.5) is 19.0 Å². The van der Waals surface area contributed by atoms with E-state index in [1.54, 1.807) is 30.5 Å². The molecule has 0 aliphatic heterocycles. The fourth-order valence-electron chi connectivity index (χ4n) is 2.16. The van der Waals surface area contributed by atoms with Crippen LogP contribution in [0.2, 0.25) is 0 Å².